The summed E-state index contributed by atoms with van der Waals surface area (Å²) in [5.74, 6) is 1.90. The highest BCUT2D eigenvalue weighted by Gasteiger charge is 2.22. The fraction of sp³-hybridized carbons (Fsp3) is 0.391. The molecule has 1 saturated heterocycles. The highest BCUT2D eigenvalue weighted by atomic mass is 35.5. The van der Waals surface area contributed by atoms with Crippen LogP contribution in [0.25, 0.3) is 11.3 Å². The molecule has 1 fully saturated rings. The number of ether oxygens (including phenoxy) is 1. The molecule has 2 aromatic heterocycles. The van der Waals surface area contributed by atoms with Gasteiger partial charge in [-0.3, -0.25) is 5.10 Å². The van der Waals surface area contributed by atoms with Crippen molar-refractivity contribution >= 4 is 29.7 Å². The number of halogens is 1. The molecule has 0 atom stereocenters. The first-order valence-electron chi connectivity index (χ1n) is 10.8. The summed E-state index contributed by atoms with van der Waals surface area (Å²) >= 11 is 0. The smallest absolute Gasteiger partial charge is 0.158 e. The van der Waals surface area contributed by atoms with E-state index in [0.29, 0.717) is 17.7 Å². The minimum absolute atomic E-state index is 0. The van der Waals surface area contributed by atoms with Crippen LogP contribution in [0.4, 0.5) is 17.3 Å². The molecule has 0 spiro atoms. The zero-order chi connectivity index (χ0) is 22.5. The molecule has 0 unspecified atom stereocenters. The monoisotopic (exact) mass is 468 g/mol. The predicted octanol–water partition coefficient (Wildman–Crippen LogP) is 3.83. The van der Waals surface area contributed by atoms with Crippen LogP contribution in [-0.4, -0.2) is 64.9 Å². The van der Waals surface area contributed by atoms with Gasteiger partial charge in [0.25, 0.3) is 0 Å². The van der Waals surface area contributed by atoms with Crippen molar-refractivity contribution in [3.8, 4) is 23.1 Å². The highest BCUT2D eigenvalue weighted by molar-refractivity contribution is 5.85. The first-order chi connectivity index (χ1) is 15.6. The molecular weight excluding hydrogens is 440 g/mol. The fourth-order valence-corrected chi connectivity index (χ4v) is 4.06. The van der Waals surface area contributed by atoms with Crippen molar-refractivity contribution in [1.29, 1.82) is 5.26 Å². The number of anilines is 3. The van der Waals surface area contributed by atoms with Crippen LogP contribution >= 0.6 is 12.4 Å². The van der Waals surface area contributed by atoms with Gasteiger partial charge in [0, 0.05) is 49.6 Å². The largest absolute Gasteiger partial charge is 0.496 e. The van der Waals surface area contributed by atoms with Crippen LogP contribution in [0.5, 0.6) is 5.75 Å². The topological polar surface area (TPSA) is 106 Å². The van der Waals surface area contributed by atoms with E-state index in [1.165, 1.54) is 25.2 Å². The maximum Gasteiger partial charge on any atom is 0.158 e. The molecule has 0 amide bonds. The first kappa shape index (κ1) is 24.3. The third-order valence-corrected chi connectivity index (χ3v) is 6.03. The Hall–Kier alpha value is -3.35. The SMILES string of the molecule is CCN1CCC(N(C)c2ccc(-c3cc(Nc4cnc(C#N)cn4)n[nH]3)c(OC)c2)CC1.Cl. The van der Waals surface area contributed by atoms with Crippen LogP contribution in [-0.2, 0) is 0 Å². The predicted molar refractivity (Wildman–Crippen MR) is 131 cm³/mol. The standard InChI is InChI=1S/C23H28N8O.ClH/c1-4-31-9-7-17(8-10-31)30(2)18-5-6-19(21(11-18)32-3)20-12-22(29-28-20)27-23-15-25-16(13-24)14-26-23;/h5-6,11-12,14-15,17H,4,7-10H2,1-3H3,(H2,26,27,28,29);1H. The van der Waals surface area contributed by atoms with Crippen molar-refractivity contribution in [3.05, 3.63) is 42.4 Å². The van der Waals surface area contributed by atoms with Crippen LogP contribution in [0, 0.1) is 11.3 Å². The van der Waals surface area contributed by atoms with Gasteiger partial charge in [0.1, 0.15) is 17.6 Å². The minimum Gasteiger partial charge on any atom is -0.496 e. The zero-order valence-electron chi connectivity index (χ0n) is 19.1. The summed E-state index contributed by atoms with van der Waals surface area (Å²) in [4.78, 5) is 13.0. The summed E-state index contributed by atoms with van der Waals surface area (Å²) in [6.45, 7) is 5.64. The van der Waals surface area contributed by atoms with Crippen LogP contribution in [0.3, 0.4) is 0 Å². The highest BCUT2D eigenvalue weighted by Crippen LogP contribution is 2.34. The van der Waals surface area contributed by atoms with Crippen molar-refractivity contribution in [2.75, 3.05) is 44.0 Å². The Bertz CT molecular complexity index is 1090. The Kier molecular flexibility index (Phi) is 8.09. The van der Waals surface area contributed by atoms with Gasteiger partial charge in [-0.25, -0.2) is 9.97 Å². The second kappa shape index (κ2) is 11.0. The zero-order valence-corrected chi connectivity index (χ0v) is 19.9. The molecule has 3 aromatic rings. The lowest BCUT2D eigenvalue weighted by Crippen LogP contribution is -2.43. The molecule has 1 aromatic carbocycles. The number of aromatic amines is 1. The summed E-state index contributed by atoms with van der Waals surface area (Å²) in [5, 5.41) is 19.3. The third kappa shape index (κ3) is 5.53. The molecule has 2 N–H and O–H groups in total. The number of piperidine rings is 1. The number of H-pyrrole nitrogens is 1. The molecule has 9 nitrogen and oxygen atoms in total. The molecule has 10 heteroatoms. The van der Waals surface area contributed by atoms with Gasteiger partial charge in [0.2, 0.25) is 0 Å². The first-order valence-corrected chi connectivity index (χ1v) is 10.8. The van der Waals surface area contributed by atoms with Crippen molar-refractivity contribution in [2.24, 2.45) is 0 Å². The van der Waals surface area contributed by atoms with Gasteiger partial charge in [-0.2, -0.15) is 10.4 Å². The van der Waals surface area contributed by atoms with Crippen molar-refractivity contribution < 1.29 is 4.74 Å². The summed E-state index contributed by atoms with van der Waals surface area (Å²) in [6.07, 6.45) is 5.26. The van der Waals surface area contributed by atoms with E-state index in [9.17, 15) is 0 Å². The molecule has 0 aliphatic carbocycles. The van der Waals surface area contributed by atoms with Crippen LogP contribution in [0.1, 0.15) is 25.5 Å². The van der Waals surface area contributed by atoms with E-state index < -0.39 is 0 Å². The van der Waals surface area contributed by atoms with Crippen LogP contribution in [0.15, 0.2) is 36.7 Å². The van der Waals surface area contributed by atoms with E-state index in [2.05, 4.69) is 67.5 Å². The molecule has 174 valence electrons. The number of nitriles is 1. The van der Waals surface area contributed by atoms with E-state index >= 15 is 0 Å². The summed E-state index contributed by atoms with van der Waals surface area (Å²) in [6, 6.07) is 10.6. The molecule has 3 heterocycles. The normalized spacial score (nSPS) is 14.2. The Morgan fingerprint density at radius 1 is 1.21 bits per heavy atom. The number of rotatable bonds is 7. The molecule has 4 rings (SSSR count). The molecule has 0 radical (unpaired) electrons. The van der Waals surface area contributed by atoms with Gasteiger partial charge in [-0.1, -0.05) is 6.92 Å². The van der Waals surface area contributed by atoms with Crippen molar-refractivity contribution in [3.63, 3.8) is 0 Å². The molecular formula is C23H29ClN8O. The van der Waals surface area contributed by atoms with E-state index in [0.717, 1.165) is 42.3 Å². The van der Waals surface area contributed by atoms with E-state index in [1.807, 2.05) is 12.1 Å². The second-order valence-electron chi connectivity index (χ2n) is 7.85. The molecule has 1 aliphatic rings. The van der Waals surface area contributed by atoms with Crippen molar-refractivity contribution in [2.45, 2.75) is 25.8 Å². The third-order valence-electron chi connectivity index (χ3n) is 6.03. The summed E-state index contributed by atoms with van der Waals surface area (Å²) in [7, 11) is 3.85. The Labute approximate surface area is 200 Å². The van der Waals surface area contributed by atoms with Gasteiger partial charge in [-0.05, 0) is 31.5 Å². The Balaban J connectivity index is 0.00000306. The Morgan fingerprint density at radius 3 is 2.64 bits per heavy atom. The second-order valence-corrected chi connectivity index (χ2v) is 7.85. The molecule has 1 aliphatic heterocycles. The number of nitrogens with zero attached hydrogens (tertiary/aromatic N) is 6. The number of methoxy groups -OCH3 is 1. The van der Waals surface area contributed by atoms with Gasteiger partial charge < -0.3 is 19.9 Å². The van der Waals surface area contributed by atoms with E-state index in [-0.39, 0.29) is 18.1 Å². The number of hydrogen-bond acceptors (Lipinski definition) is 8. The average molecular weight is 469 g/mol. The van der Waals surface area contributed by atoms with E-state index in [1.54, 1.807) is 7.11 Å². The number of aromatic nitrogens is 4. The summed E-state index contributed by atoms with van der Waals surface area (Å²) in [5.41, 5.74) is 3.17. The maximum absolute atomic E-state index is 8.84. The minimum atomic E-state index is 0. The lowest BCUT2D eigenvalue weighted by atomic mass is 10.0. The van der Waals surface area contributed by atoms with Gasteiger partial charge in [0.05, 0.1) is 25.2 Å². The van der Waals surface area contributed by atoms with Gasteiger partial charge >= 0.3 is 0 Å². The average Bonchev–Trinajstić information content (AvgIpc) is 3.32. The Morgan fingerprint density at radius 2 is 2.00 bits per heavy atom. The van der Waals surface area contributed by atoms with E-state index in [4.69, 9.17) is 10.00 Å². The van der Waals surface area contributed by atoms with Crippen LogP contribution in [0.2, 0.25) is 0 Å². The number of likely N-dealkylation sites (tertiary alicyclic amines) is 1. The summed E-state index contributed by atoms with van der Waals surface area (Å²) < 4.78 is 5.71. The van der Waals surface area contributed by atoms with Crippen molar-refractivity contribution in [1.82, 2.24) is 25.1 Å². The quantitative estimate of drug-likeness (QED) is 0.538. The molecule has 0 bridgehead atoms. The van der Waals surface area contributed by atoms with Gasteiger partial charge in [0.15, 0.2) is 11.5 Å². The number of nitrogens with one attached hydrogen (secondary N) is 2. The maximum atomic E-state index is 8.84. The lowest BCUT2D eigenvalue weighted by molar-refractivity contribution is 0.221. The fourth-order valence-electron chi connectivity index (χ4n) is 4.06. The lowest BCUT2D eigenvalue weighted by Gasteiger charge is -2.37. The number of hydrogen-bond donors (Lipinski definition) is 2. The van der Waals surface area contributed by atoms with Crippen LogP contribution < -0.4 is 15.0 Å². The molecule has 33 heavy (non-hydrogen) atoms. The molecule has 0 saturated carbocycles. The van der Waals surface area contributed by atoms with Gasteiger partial charge in [-0.15, -0.1) is 12.4 Å². The number of benzene rings is 1.